The summed E-state index contributed by atoms with van der Waals surface area (Å²) < 4.78 is 1.53. The summed E-state index contributed by atoms with van der Waals surface area (Å²) in [7, 11) is 1.74. The summed E-state index contributed by atoms with van der Waals surface area (Å²) in [5, 5.41) is 8.15. The maximum atomic E-state index is 12.6. The van der Waals surface area contributed by atoms with Gasteiger partial charge in [0, 0.05) is 19.6 Å². The number of carbonyl (C=O) groups is 1. The van der Waals surface area contributed by atoms with Gasteiger partial charge in [-0.05, 0) is 35.2 Å². The van der Waals surface area contributed by atoms with Crippen molar-refractivity contribution in [1.29, 1.82) is 0 Å². The van der Waals surface area contributed by atoms with E-state index in [-0.39, 0.29) is 5.91 Å². The van der Waals surface area contributed by atoms with Crippen LogP contribution in [0.25, 0.3) is 0 Å². The van der Waals surface area contributed by atoms with Crippen LogP contribution in [0.3, 0.4) is 0 Å². The number of carbonyl (C=O) groups excluding carboxylic acids is 1. The second-order valence-electron chi connectivity index (χ2n) is 4.86. The number of thiophene rings is 1. The van der Waals surface area contributed by atoms with Crippen LogP contribution in [0, 0.1) is 0 Å². The van der Waals surface area contributed by atoms with Crippen molar-refractivity contribution in [3.05, 3.63) is 34.2 Å². The highest BCUT2D eigenvalue weighted by atomic mass is 32.1. The molecule has 2 aromatic heterocycles. The van der Waals surface area contributed by atoms with Crippen molar-refractivity contribution in [1.82, 2.24) is 14.7 Å². The minimum absolute atomic E-state index is 0.0145. The number of rotatable bonds is 4. The van der Waals surface area contributed by atoms with Gasteiger partial charge in [0.1, 0.15) is 11.4 Å². The second kappa shape index (κ2) is 4.70. The van der Waals surface area contributed by atoms with E-state index in [2.05, 4.69) is 16.5 Å². The smallest absolute Gasteiger partial charge is 0.259 e. The molecule has 6 heteroatoms. The number of aryl methyl sites for hydroxylation is 1. The minimum Gasteiger partial charge on any atom is -0.383 e. The Morgan fingerprint density at radius 2 is 2.42 bits per heavy atom. The van der Waals surface area contributed by atoms with E-state index >= 15 is 0 Å². The van der Waals surface area contributed by atoms with Crippen molar-refractivity contribution in [2.45, 2.75) is 25.4 Å². The van der Waals surface area contributed by atoms with Gasteiger partial charge in [-0.3, -0.25) is 9.48 Å². The number of aromatic nitrogens is 2. The lowest BCUT2D eigenvalue weighted by Gasteiger charge is -2.21. The summed E-state index contributed by atoms with van der Waals surface area (Å²) in [6.45, 7) is 0.654. The minimum atomic E-state index is -0.0145. The van der Waals surface area contributed by atoms with Crippen LogP contribution in [0.15, 0.2) is 23.0 Å². The Hall–Kier alpha value is -1.82. The molecule has 5 nitrogen and oxygen atoms in total. The van der Waals surface area contributed by atoms with Gasteiger partial charge in [-0.2, -0.15) is 16.4 Å². The maximum Gasteiger partial charge on any atom is 0.259 e. The summed E-state index contributed by atoms with van der Waals surface area (Å²) >= 11 is 1.65. The van der Waals surface area contributed by atoms with E-state index in [1.807, 2.05) is 10.3 Å². The van der Waals surface area contributed by atoms with E-state index in [1.165, 1.54) is 10.2 Å². The Labute approximate surface area is 115 Å². The van der Waals surface area contributed by atoms with Crippen molar-refractivity contribution in [3.63, 3.8) is 0 Å². The Bertz CT molecular complexity index is 586. The van der Waals surface area contributed by atoms with E-state index in [9.17, 15) is 4.79 Å². The Morgan fingerprint density at radius 3 is 2.95 bits per heavy atom. The molecule has 100 valence electrons. The molecule has 0 unspecified atom stereocenters. The largest absolute Gasteiger partial charge is 0.383 e. The molecule has 2 N–H and O–H groups in total. The highest BCUT2D eigenvalue weighted by Gasteiger charge is 2.34. The molecule has 2 heterocycles. The average molecular weight is 276 g/mol. The zero-order valence-electron chi connectivity index (χ0n) is 10.7. The molecule has 1 saturated carbocycles. The molecule has 0 atom stereocenters. The number of nitrogen functional groups attached to an aromatic ring is 1. The second-order valence-corrected chi connectivity index (χ2v) is 5.64. The first-order valence-electron chi connectivity index (χ1n) is 6.26. The van der Waals surface area contributed by atoms with Crippen LogP contribution in [0.5, 0.6) is 0 Å². The number of amides is 1. The number of hydrogen-bond acceptors (Lipinski definition) is 4. The van der Waals surface area contributed by atoms with Gasteiger partial charge in [0.05, 0.1) is 6.20 Å². The van der Waals surface area contributed by atoms with Gasteiger partial charge in [-0.15, -0.1) is 0 Å². The summed E-state index contributed by atoms with van der Waals surface area (Å²) in [5.74, 6) is 0.417. The number of nitrogens with zero attached hydrogens (tertiary/aromatic N) is 3. The normalized spacial score (nSPS) is 14.6. The average Bonchev–Trinajstić information content (AvgIpc) is 3.01. The van der Waals surface area contributed by atoms with E-state index < -0.39 is 0 Å². The number of nitrogens with two attached hydrogens (primary N) is 1. The quantitative estimate of drug-likeness (QED) is 0.927. The Kier molecular flexibility index (Phi) is 3.02. The van der Waals surface area contributed by atoms with Crippen LogP contribution in [0.2, 0.25) is 0 Å². The lowest BCUT2D eigenvalue weighted by Crippen LogP contribution is -2.32. The van der Waals surface area contributed by atoms with Gasteiger partial charge in [0.25, 0.3) is 5.91 Å². The summed E-state index contributed by atoms with van der Waals surface area (Å²) in [6.07, 6.45) is 3.72. The Morgan fingerprint density at radius 1 is 1.63 bits per heavy atom. The molecule has 1 amide bonds. The van der Waals surface area contributed by atoms with Crippen LogP contribution in [0.4, 0.5) is 5.82 Å². The molecule has 19 heavy (non-hydrogen) atoms. The molecular weight excluding hydrogens is 260 g/mol. The molecule has 0 radical (unpaired) electrons. The third-order valence-electron chi connectivity index (χ3n) is 3.40. The molecule has 0 bridgehead atoms. The molecule has 3 rings (SSSR count). The molecule has 0 saturated heterocycles. The van der Waals surface area contributed by atoms with Crippen LogP contribution < -0.4 is 5.73 Å². The van der Waals surface area contributed by atoms with E-state index in [0.29, 0.717) is 24.0 Å². The SMILES string of the molecule is Cn1ncc(C(=O)N(Cc2ccsc2)C2CC2)c1N. The van der Waals surface area contributed by atoms with E-state index in [4.69, 9.17) is 5.73 Å². The lowest BCUT2D eigenvalue weighted by molar-refractivity contribution is 0.0731. The number of hydrogen-bond donors (Lipinski definition) is 1. The summed E-state index contributed by atoms with van der Waals surface area (Å²) in [6, 6.07) is 2.41. The molecule has 1 aliphatic carbocycles. The predicted molar refractivity (Wildman–Crippen MR) is 74.8 cm³/mol. The maximum absolute atomic E-state index is 12.6. The first-order valence-corrected chi connectivity index (χ1v) is 7.20. The first-order chi connectivity index (χ1) is 9.16. The van der Waals surface area contributed by atoms with E-state index in [0.717, 1.165) is 12.8 Å². The molecule has 0 spiro atoms. The standard InChI is InChI=1S/C13H16N4OS/c1-16-12(14)11(6-15-16)13(18)17(10-2-3-10)7-9-4-5-19-8-9/h4-6,8,10H,2-3,7,14H2,1H3. The molecule has 1 aliphatic rings. The van der Waals surface area contributed by atoms with Gasteiger partial charge in [0.15, 0.2) is 0 Å². The molecule has 1 fully saturated rings. The third kappa shape index (κ3) is 2.35. The first kappa shape index (κ1) is 12.2. The van der Waals surface area contributed by atoms with Crippen LogP contribution >= 0.6 is 11.3 Å². The van der Waals surface area contributed by atoms with Gasteiger partial charge in [-0.25, -0.2) is 0 Å². The highest BCUT2D eigenvalue weighted by Crippen LogP contribution is 2.31. The van der Waals surface area contributed by atoms with Gasteiger partial charge < -0.3 is 10.6 Å². The molecule has 0 aliphatic heterocycles. The van der Waals surface area contributed by atoms with Crippen molar-refractivity contribution >= 4 is 23.1 Å². The number of anilines is 1. The van der Waals surface area contributed by atoms with Crippen molar-refractivity contribution in [2.75, 3.05) is 5.73 Å². The molecule has 2 aromatic rings. The monoisotopic (exact) mass is 276 g/mol. The van der Waals surface area contributed by atoms with Crippen LogP contribution in [0.1, 0.15) is 28.8 Å². The summed E-state index contributed by atoms with van der Waals surface area (Å²) in [5.41, 5.74) is 7.57. The zero-order valence-corrected chi connectivity index (χ0v) is 11.6. The van der Waals surface area contributed by atoms with Gasteiger partial charge in [0.2, 0.25) is 0 Å². The fraction of sp³-hybridized carbons (Fsp3) is 0.385. The highest BCUT2D eigenvalue weighted by molar-refractivity contribution is 7.07. The van der Waals surface area contributed by atoms with E-state index in [1.54, 1.807) is 24.6 Å². The Balaban J connectivity index is 1.84. The van der Waals surface area contributed by atoms with Crippen LogP contribution in [-0.2, 0) is 13.6 Å². The fourth-order valence-corrected chi connectivity index (χ4v) is 2.76. The van der Waals surface area contributed by atoms with Gasteiger partial charge >= 0.3 is 0 Å². The summed E-state index contributed by atoms with van der Waals surface area (Å²) in [4.78, 5) is 14.5. The van der Waals surface area contributed by atoms with Crippen molar-refractivity contribution in [3.8, 4) is 0 Å². The molecule has 0 aromatic carbocycles. The lowest BCUT2D eigenvalue weighted by atomic mass is 10.2. The van der Waals surface area contributed by atoms with Crippen LogP contribution in [-0.4, -0.2) is 26.6 Å². The van der Waals surface area contributed by atoms with Crippen molar-refractivity contribution in [2.24, 2.45) is 7.05 Å². The molecular formula is C13H16N4OS. The van der Waals surface area contributed by atoms with Crippen molar-refractivity contribution < 1.29 is 4.79 Å². The topological polar surface area (TPSA) is 64.2 Å². The predicted octanol–water partition coefficient (Wildman–Crippen LogP) is 1.87. The fourth-order valence-electron chi connectivity index (χ4n) is 2.10. The third-order valence-corrected chi connectivity index (χ3v) is 4.13. The zero-order chi connectivity index (χ0) is 13.4. The van der Waals surface area contributed by atoms with Gasteiger partial charge in [-0.1, -0.05) is 0 Å².